The van der Waals surface area contributed by atoms with Crippen molar-refractivity contribution in [1.82, 2.24) is 20.6 Å². The second-order valence-electron chi connectivity index (χ2n) is 6.42. The molecule has 29 heavy (non-hydrogen) atoms. The molecule has 0 atom stereocenters. The Labute approximate surface area is 172 Å². The summed E-state index contributed by atoms with van der Waals surface area (Å²) in [6.07, 6.45) is 0. The van der Waals surface area contributed by atoms with Crippen LogP contribution in [0.5, 0.6) is 0 Å². The lowest BCUT2D eigenvalue weighted by Crippen LogP contribution is -2.13. The van der Waals surface area contributed by atoms with E-state index in [0.29, 0.717) is 10.6 Å². The number of hydrogen-bond donors (Lipinski definition) is 2. The highest BCUT2D eigenvalue weighted by Crippen LogP contribution is 2.30. The number of aromatic amines is 1. The van der Waals surface area contributed by atoms with Gasteiger partial charge in [-0.3, -0.25) is 4.72 Å². The summed E-state index contributed by atoms with van der Waals surface area (Å²) in [5.74, 6) is 0.258. The van der Waals surface area contributed by atoms with Gasteiger partial charge in [0.15, 0.2) is 0 Å². The van der Waals surface area contributed by atoms with Crippen LogP contribution in [0.3, 0.4) is 0 Å². The van der Waals surface area contributed by atoms with E-state index in [-0.39, 0.29) is 16.4 Å². The number of aryl methyl sites for hydroxylation is 1. The van der Waals surface area contributed by atoms with Crippen LogP contribution in [-0.4, -0.2) is 29.0 Å². The van der Waals surface area contributed by atoms with E-state index in [2.05, 4.69) is 25.3 Å². The molecule has 0 radical (unpaired) electrons. The van der Waals surface area contributed by atoms with E-state index in [1.165, 1.54) is 6.07 Å². The molecule has 0 aliphatic heterocycles. The summed E-state index contributed by atoms with van der Waals surface area (Å²) in [7, 11) is -3.84. The third-order valence-electron chi connectivity index (χ3n) is 4.36. The van der Waals surface area contributed by atoms with Gasteiger partial charge in [0, 0.05) is 10.6 Å². The maximum atomic E-state index is 12.9. The fraction of sp³-hybridized carbons (Fsp3) is 0.0500. The predicted octanol–water partition coefficient (Wildman–Crippen LogP) is 4.30. The molecule has 0 spiro atoms. The highest BCUT2D eigenvalue weighted by Gasteiger charge is 2.18. The molecule has 0 amide bonds. The Kier molecular flexibility index (Phi) is 5.04. The van der Waals surface area contributed by atoms with E-state index in [9.17, 15) is 8.42 Å². The smallest absolute Gasteiger partial charge is 0.261 e. The Morgan fingerprint density at radius 3 is 2.21 bits per heavy atom. The molecule has 2 N–H and O–H groups in total. The van der Waals surface area contributed by atoms with Gasteiger partial charge in [0.1, 0.15) is 0 Å². The minimum Gasteiger partial charge on any atom is -0.279 e. The SMILES string of the molecule is Cc1ccc(-c2ccc(S(=O)(=O)Nc3cc(Cl)ccc3-c3nn[nH]n3)cc2)cc1. The van der Waals surface area contributed by atoms with E-state index < -0.39 is 10.0 Å². The Bertz CT molecular complexity index is 1240. The summed E-state index contributed by atoms with van der Waals surface area (Å²) in [6.45, 7) is 2.02. The lowest BCUT2D eigenvalue weighted by molar-refractivity contribution is 0.601. The average Bonchev–Trinajstić information content (AvgIpc) is 3.23. The van der Waals surface area contributed by atoms with Crippen LogP contribution in [0, 0.1) is 6.92 Å². The van der Waals surface area contributed by atoms with Gasteiger partial charge in [-0.25, -0.2) is 8.42 Å². The maximum absolute atomic E-state index is 12.9. The summed E-state index contributed by atoms with van der Waals surface area (Å²) in [5, 5.41) is 14.1. The zero-order valence-corrected chi connectivity index (χ0v) is 16.9. The molecule has 3 aromatic carbocycles. The summed E-state index contributed by atoms with van der Waals surface area (Å²) in [5.41, 5.74) is 3.83. The van der Waals surface area contributed by atoms with Gasteiger partial charge in [0.05, 0.1) is 10.6 Å². The maximum Gasteiger partial charge on any atom is 0.261 e. The highest BCUT2D eigenvalue weighted by atomic mass is 35.5. The first kappa shape index (κ1) is 19.1. The quantitative estimate of drug-likeness (QED) is 0.496. The molecule has 146 valence electrons. The molecule has 4 aromatic rings. The van der Waals surface area contributed by atoms with Gasteiger partial charge in [-0.1, -0.05) is 53.6 Å². The molecule has 0 unspecified atom stereocenters. The van der Waals surface area contributed by atoms with Crippen LogP contribution in [0.2, 0.25) is 5.02 Å². The molecule has 1 aromatic heterocycles. The second kappa shape index (κ2) is 7.65. The minimum atomic E-state index is -3.84. The summed E-state index contributed by atoms with van der Waals surface area (Å²) in [4.78, 5) is 0.132. The van der Waals surface area contributed by atoms with Crippen molar-refractivity contribution in [3.63, 3.8) is 0 Å². The van der Waals surface area contributed by atoms with Crippen molar-refractivity contribution in [3.05, 3.63) is 77.3 Å². The number of hydrogen-bond acceptors (Lipinski definition) is 5. The van der Waals surface area contributed by atoms with Gasteiger partial charge in [0.25, 0.3) is 10.0 Å². The number of aromatic nitrogens is 4. The molecule has 9 heteroatoms. The van der Waals surface area contributed by atoms with Gasteiger partial charge in [0.2, 0.25) is 5.82 Å². The number of nitrogens with zero attached hydrogens (tertiary/aromatic N) is 3. The molecule has 4 rings (SSSR count). The van der Waals surface area contributed by atoms with Crippen molar-refractivity contribution in [1.29, 1.82) is 0 Å². The molecule has 1 heterocycles. The molecule has 0 saturated carbocycles. The third-order valence-corrected chi connectivity index (χ3v) is 5.98. The first-order chi connectivity index (χ1) is 13.9. The first-order valence-corrected chi connectivity index (χ1v) is 10.5. The molecule has 0 fully saturated rings. The van der Waals surface area contributed by atoms with Gasteiger partial charge < -0.3 is 0 Å². The number of nitrogens with one attached hydrogen (secondary N) is 2. The summed E-state index contributed by atoms with van der Waals surface area (Å²) in [6, 6.07) is 19.5. The second-order valence-corrected chi connectivity index (χ2v) is 8.54. The van der Waals surface area contributed by atoms with Crippen molar-refractivity contribution in [2.75, 3.05) is 4.72 Å². The fourth-order valence-corrected chi connectivity index (χ4v) is 4.09. The lowest BCUT2D eigenvalue weighted by atomic mass is 10.0. The van der Waals surface area contributed by atoms with Crippen LogP contribution >= 0.6 is 11.6 Å². The summed E-state index contributed by atoms with van der Waals surface area (Å²) >= 11 is 6.05. The highest BCUT2D eigenvalue weighted by molar-refractivity contribution is 7.92. The largest absolute Gasteiger partial charge is 0.279 e. The average molecular weight is 426 g/mol. The standard InChI is InChI=1S/C20H16ClN5O2S/c1-13-2-4-14(5-3-13)15-6-9-17(10-7-15)29(27,28)24-19-12-16(21)8-11-18(19)20-22-25-26-23-20/h2-12,24H,1H3,(H,22,23,25,26). The van der Waals surface area contributed by atoms with E-state index in [1.54, 1.807) is 36.4 Å². The number of sulfonamides is 1. The van der Waals surface area contributed by atoms with Crippen LogP contribution in [0.15, 0.2) is 71.6 Å². The van der Waals surface area contributed by atoms with Crippen molar-refractivity contribution < 1.29 is 8.42 Å². The zero-order chi connectivity index (χ0) is 20.4. The van der Waals surface area contributed by atoms with E-state index in [1.807, 2.05) is 31.2 Å². The van der Waals surface area contributed by atoms with Crippen molar-refractivity contribution in [2.45, 2.75) is 11.8 Å². The molecular formula is C20H16ClN5O2S. The first-order valence-electron chi connectivity index (χ1n) is 8.66. The van der Waals surface area contributed by atoms with Crippen LogP contribution in [0.1, 0.15) is 5.56 Å². The van der Waals surface area contributed by atoms with Crippen molar-refractivity contribution in [2.24, 2.45) is 0 Å². The van der Waals surface area contributed by atoms with Crippen LogP contribution in [-0.2, 0) is 10.0 Å². The Balaban J connectivity index is 1.65. The van der Waals surface area contributed by atoms with E-state index in [0.717, 1.165) is 16.7 Å². The normalized spacial score (nSPS) is 11.4. The van der Waals surface area contributed by atoms with Crippen LogP contribution in [0.4, 0.5) is 5.69 Å². The predicted molar refractivity (Wildman–Crippen MR) is 112 cm³/mol. The molecule has 0 aliphatic carbocycles. The lowest BCUT2D eigenvalue weighted by Gasteiger charge is -2.12. The molecule has 7 nitrogen and oxygen atoms in total. The molecule has 0 saturated heterocycles. The monoisotopic (exact) mass is 425 g/mol. The fourth-order valence-electron chi connectivity index (χ4n) is 2.85. The Hall–Kier alpha value is -3.23. The third kappa shape index (κ3) is 4.13. The number of rotatable bonds is 5. The van der Waals surface area contributed by atoms with E-state index in [4.69, 9.17) is 11.6 Å². The number of benzene rings is 3. The minimum absolute atomic E-state index is 0.132. The van der Waals surface area contributed by atoms with Gasteiger partial charge in [-0.2, -0.15) is 5.21 Å². The number of tetrazole rings is 1. The summed E-state index contributed by atoms with van der Waals surface area (Å²) < 4.78 is 28.4. The van der Waals surface area contributed by atoms with Crippen LogP contribution in [0.25, 0.3) is 22.5 Å². The molecule has 0 aliphatic rings. The van der Waals surface area contributed by atoms with Gasteiger partial charge >= 0.3 is 0 Å². The Morgan fingerprint density at radius 1 is 0.931 bits per heavy atom. The number of anilines is 1. The molecule has 0 bridgehead atoms. The van der Waals surface area contributed by atoms with E-state index >= 15 is 0 Å². The molecular weight excluding hydrogens is 410 g/mol. The van der Waals surface area contributed by atoms with Crippen LogP contribution < -0.4 is 4.72 Å². The Morgan fingerprint density at radius 2 is 1.59 bits per heavy atom. The number of halogens is 1. The topological polar surface area (TPSA) is 101 Å². The van der Waals surface area contributed by atoms with Gasteiger partial charge in [-0.05, 0) is 53.6 Å². The zero-order valence-electron chi connectivity index (χ0n) is 15.3. The number of H-pyrrole nitrogens is 1. The van der Waals surface area contributed by atoms with Crippen molar-refractivity contribution in [3.8, 4) is 22.5 Å². The van der Waals surface area contributed by atoms with Gasteiger partial charge in [-0.15, -0.1) is 10.2 Å². The van der Waals surface area contributed by atoms with Crippen molar-refractivity contribution >= 4 is 27.3 Å².